The number of carbonyl (C=O) groups excluding carboxylic acids is 1. The number of carbonyl (C=O) groups is 1. The third-order valence-corrected chi connectivity index (χ3v) is 4.68. The highest BCUT2D eigenvalue weighted by molar-refractivity contribution is 9.10. The minimum absolute atomic E-state index is 0.0427. The third-order valence-electron chi connectivity index (χ3n) is 3.87. The van der Waals surface area contributed by atoms with Crippen LogP contribution in [0.1, 0.15) is 43.0 Å². The molecule has 9 heteroatoms. The van der Waals surface area contributed by atoms with Crippen LogP contribution in [0.25, 0.3) is 0 Å². The van der Waals surface area contributed by atoms with E-state index in [9.17, 15) is 13.6 Å². The van der Waals surface area contributed by atoms with Gasteiger partial charge in [-0.25, -0.2) is 8.78 Å². The van der Waals surface area contributed by atoms with Gasteiger partial charge in [-0.1, -0.05) is 0 Å². The zero-order valence-electron chi connectivity index (χ0n) is 13.0. The number of amides is 1. The van der Waals surface area contributed by atoms with Crippen molar-refractivity contribution in [3.63, 3.8) is 0 Å². The van der Waals surface area contributed by atoms with Crippen LogP contribution in [0.2, 0.25) is 0 Å². The molecule has 2 aromatic heterocycles. The maximum atomic E-state index is 13.0. The summed E-state index contributed by atoms with van der Waals surface area (Å²) in [5.74, 6) is -0.0137. The molecule has 0 aliphatic heterocycles. The molecular weight excluding hydrogens is 384 g/mol. The molecule has 1 N–H and O–H groups in total. The summed E-state index contributed by atoms with van der Waals surface area (Å²) in [5, 5.41) is 10.8. The Morgan fingerprint density at radius 1 is 1.46 bits per heavy atom. The largest absolute Gasteiger partial charge is 0.354 e. The first-order valence-corrected chi connectivity index (χ1v) is 8.64. The lowest BCUT2D eigenvalue weighted by molar-refractivity contribution is -0.121. The fraction of sp³-hybridized carbons (Fsp3) is 0.533. The number of rotatable bonds is 8. The van der Waals surface area contributed by atoms with Crippen LogP contribution in [0.5, 0.6) is 0 Å². The topological polar surface area (TPSA) is 64.7 Å². The van der Waals surface area contributed by atoms with Gasteiger partial charge in [-0.15, -0.1) is 0 Å². The first-order chi connectivity index (χ1) is 11.6. The van der Waals surface area contributed by atoms with Crippen LogP contribution in [0.4, 0.5) is 8.78 Å². The van der Waals surface area contributed by atoms with E-state index in [4.69, 9.17) is 0 Å². The average molecular weight is 402 g/mol. The zero-order valence-corrected chi connectivity index (χ0v) is 14.5. The molecule has 1 aliphatic rings. The SMILES string of the molecule is O=C(Cn1nc(C(F)F)c(Br)c1C1CC1)NCCCn1cccn1. The van der Waals surface area contributed by atoms with Crippen molar-refractivity contribution in [1.29, 1.82) is 0 Å². The van der Waals surface area contributed by atoms with E-state index in [1.54, 1.807) is 10.9 Å². The molecule has 0 atom stereocenters. The van der Waals surface area contributed by atoms with Crippen molar-refractivity contribution < 1.29 is 13.6 Å². The zero-order chi connectivity index (χ0) is 17.1. The molecule has 0 aromatic carbocycles. The van der Waals surface area contributed by atoms with Crippen LogP contribution in [0.3, 0.4) is 0 Å². The van der Waals surface area contributed by atoms with E-state index in [1.807, 2.05) is 12.3 Å². The lowest BCUT2D eigenvalue weighted by atomic mass is 10.2. The lowest BCUT2D eigenvalue weighted by Gasteiger charge is -2.08. The van der Waals surface area contributed by atoms with Crippen molar-refractivity contribution >= 4 is 21.8 Å². The highest BCUT2D eigenvalue weighted by atomic mass is 79.9. The Morgan fingerprint density at radius 3 is 2.88 bits per heavy atom. The van der Waals surface area contributed by atoms with E-state index in [0.29, 0.717) is 23.3 Å². The number of aromatic nitrogens is 4. The molecule has 0 bridgehead atoms. The highest BCUT2D eigenvalue weighted by Gasteiger charge is 2.34. The van der Waals surface area contributed by atoms with E-state index >= 15 is 0 Å². The first kappa shape index (κ1) is 17.1. The monoisotopic (exact) mass is 401 g/mol. The molecule has 0 saturated heterocycles. The Balaban J connectivity index is 1.55. The minimum atomic E-state index is -2.66. The fourth-order valence-corrected chi connectivity index (χ4v) is 3.35. The summed E-state index contributed by atoms with van der Waals surface area (Å²) in [7, 11) is 0. The maximum Gasteiger partial charge on any atom is 0.283 e. The molecule has 1 saturated carbocycles. The number of nitrogens with zero attached hydrogens (tertiary/aromatic N) is 4. The summed E-state index contributed by atoms with van der Waals surface area (Å²) in [6.45, 7) is 1.17. The van der Waals surface area contributed by atoms with Gasteiger partial charge >= 0.3 is 0 Å². The van der Waals surface area contributed by atoms with Gasteiger partial charge in [0.2, 0.25) is 5.91 Å². The van der Waals surface area contributed by atoms with E-state index in [-0.39, 0.29) is 24.1 Å². The van der Waals surface area contributed by atoms with Crippen LogP contribution >= 0.6 is 15.9 Å². The van der Waals surface area contributed by atoms with E-state index in [2.05, 4.69) is 31.4 Å². The predicted octanol–water partition coefficient (Wildman–Crippen LogP) is 2.86. The summed E-state index contributed by atoms with van der Waals surface area (Å²) in [6, 6.07) is 1.84. The maximum absolute atomic E-state index is 13.0. The van der Waals surface area contributed by atoms with Gasteiger partial charge in [0.15, 0.2) is 0 Å². The van der Waals surface area contributed by atoms with Crippen LogP contribution in [-0.4, -0.2) is 32.0 Å². The molecule has 1 aliphatic carbocycles. The molecule has 1 fully saturated rings. The molecule has 1 amide bonds. The van der Waals surface area contributed by atoms with Crippen LogP contribution in [0, 0.1) is 0 Å². The summed E-state index contributed by atoms with van der Waals surface area (Å²) < 4.78 is 29.6. The lowest BCUT2D eigenvalue weighted by Crippen LogP contribution is -2.30. The van der Waals surface area contributed by atoms with Crippen LogP contribution in [-0.2, 0) is 17.9 Å². The van der Waals surface area contributed by atoms with Crippen molar-refractivity contribution in [1.82, 2.24) is 24.9 Å². The molecule has 6 nitrogen and oxygen atoms in total. The van der Waals surface area contributed by atoms with Gasteiger partial charge in [-0.2, -0.15) is 10.2 Å². The summed E-state index contributed by atoms with van der Waals surface area (Å²) in [4.78, 5) is 12.1. The van der Waals surface area contributed by atoms with E-state index in [0.717, 1.165) is 19.3 Å². The molecule has 2 heterocycles. The Labute approximate surface area is 146 Å². The second-order valence-electron chi connectivity index (χ2n) is 5.79. The molecule has 2 aromatic rings. The number of nitrogens with one attached hydrogen (secondary N) is 1. The molecular formula is C15H18BrF2N5O. The van der Waals surface area contributed by atoms with Crippen molar-refractivity contribution in [2.24, 2.45) is 0 Å². The van der Waals surface area contributed by atoms with Gasteiger partial charge in [0, 0.05) is 31.4 Å². The van der Waals surface area contributed by atoms with Gasteiger partial charge < -0.3 is 5.32 Å². The quantitative estimate of drug-likeness (QED) is 0.691. The summed E-state index contributed by atoms with van der Waals surface area (Å²) in [5.41, 5.74) is 0.417. The van der Waals surface area contributed by atoms with Gasteiger partial charge in [0.1, 0.15) is 12.2 Å². The number of aryl methyl sites for hydroxylation is 1. The predicted molar refractivity (Wildman–Crippen MR) is 86.7 cm³/mol. The molecule has 130 valence electrons. The van der Waals surface area contributed by atoms with Crippen LogP contribution < -0.4 is 5.32 Å². The minimum Gasteiger partial charge on any atom is -0.354 e. The molecule has 0 radical (unpaired) electrons. The van der Waals surface area contributed by atoms with Gasteiger partial charge in [0.25, 0.3) is 6.43 Å². The van der Waals surface area contributed by atoms with E-state index < -0.39 is 6.43 Å². The van der Waals surface area contributed by atoms with Crippen molar-refractivity contribution in [3.8, 4) is 0 Å². The second-order valence-corrected chi connectivity index (χ2v) is 6.58. The van der Waals surface area contributed by atoms with Gasteiger partial charge in [-0.05, 0) is 41.3 Å². The average Bonchev–Trinajstić information content (AvgIpc) is 3.12. The van der Waals surface area contributed by atoms with Gasteiger partial charge in [0.05, 0.1) is 10.2 Å². The smallest absolute Gasteiger partial charge is 0.283 e. The fourth-order valence-electron chi connectivity index (χ4n) is 2.57. The Kier molecular flexibility index (Phi) is 5.27. The summed E-state index contributed by atoms with van der Waals surface area (Å²) >= 11 is 3.21. The Morgan fingerprint density at radius 2 is 2.25 bits per heavy atom. The van der Waals surface area contributed by atoms with Crippen molar-refractivity contribution in [2.45, 2.75) is 44.7 Å². The molecule has 0 spiro atoms. The summed E-state index contributed by atoms with van der Waals surface area (Å²) in [6.07, 6.45) is 3.53. The number of halogens is 3. The van der Waals surface area contributed by atoms with Crippen molar-refractivity contribution in [3.05, 3.63) is 34.3 Å². The molecule has 3 rings (SSSR count). The second kappa shape index (κ2) is 7.42. The highest BCUT2D eigenvalue weighted by Crippen LogP contribution is 2.45. The van der Waals surface area contributed by atoms with Crippen LogP contribution in [0.15, 0.2) is 22.9 Å². The number of hydrogen-bond acceptors (Lipinski definition) is 3. The van der Waals surface area contributed by atoms with Crippen molar-refractivity contribution in [2.75, 3.05) is 6.54 Å². The first-order valence-electron chi connectivity index (χ1n) is 7.84. The standard InChI is InChI=1S/C15H18BrF2N5O/c16-12-13(15(17)18)21-23(14(12)10-3-4-10)9-11(24)19-5-1-7-22-8-2-6-20-22/h2,6,8,10,15H,1,3-5,7,9H2,(H,19,24). The normalized spacial score (nSPS) is 14.3. The Hall–Kier alpha value is -1.77. The van der Waals surface area contributed by atoms with Gasteiger partial charge in [-0.3, -0.25) is 14.2 Å². The molecule has 24 heavy (non-hydrogen) atoms. The Bertz CT molecular complexity index is 697. The third kappa shape index (κ3) is 4.00. The van der Waals surface area contributed by atoms with E-state index in [1.165, 1.54) is 4.68 Å². The molecule has 0 unspecified atom stereocenters. The number of alkyl halides is 2. The number of hydrogen-bond donors (Lipinski definition) is 1.